The van der Waals surface area contributed by atoms with Crippen molar-refractivity contribution in [3.05, 3.63) is 60.6 Å². The Labute approximate surface area is 171 Å². The van der Waals surface area contributed by atoms with Gasteiger partial charge in [0.05, 0.1) is 13.0 Å². The van der Waals surface area contributed by atoms with Gasteiger partial charge < -0.3 is 15.0 Å². The summed E-state index contributed by atoms with van der Waals surface area (Å²) >= 11 is 1.43. The zero-order valence-corrected chi connectivity index (χ0v) is 16.4. The first-order valence-corrected chi connectivity index (χ1v) is 9.85. The smallest absolute Gasteiger partial charge is 0.236 e. The highest BCUT2D eigenvalue weighted by Gasteiger charge is 2.18. The molecule has 29 heavy (non-hydrogen) atoms. The van der Waals surface area contributed by atoms with Gasteiger partial charge in [-0.1, -0.05) is 30.3 Å². The molecule has 1 aromatic carbocycles. The van der Waals surface area contributed by atoms with E-state index in [0.717, 1.165) is 21.0 Å². The largest absolute Gasteiger partial charge is 0.477 e. The molecule has 0 saturated carbocycles. The summed E-state index contributed by atoms with van der Waals surface area (Å²) in [6.07, 6.45) is 3.44. The normalized spacial score (nSPS) is 10.7. The number of H-pyrrole nitrogens is 1. The van der Waals surface area contributed by atoms with Crippen molar-refractivity contribution in [3.63, 3.8) is 0 Å². The van der Waals surface area contributed by atoms with Crippen molar-refractivity contribution in [2.45, 2.75) is 13.3 Å². The Bertz CT molecular complexity index is 1100. The number of ether oxygens (including phenoxy) is 1. The maximum atomic E-state index is 12.3. The molecule has 0 spiro atoms. The Morgan fingerprint density at radius 3 is 2.86 bits per heavy atom. The van der Waals surface area contributed by atoms with Crippen LogP contribution in [0, 0.1) is 0 Å². The first-order chi connectivity index (χ1) is 14.2. The summed E-state index contributed by atoms with van der Waals surface area (Å²) in [7, 11) is 0. The number of anilines is 1. The number of amides is 1. The van der Waals surface area contributed by atoms with E-state index in [9.17, 15) is 4.79 Å². The van der Waals surface area contributed by atoms with E-state index in [-0.39, 0.29) is 12.3 Å². The second-order valence-corrected chi connectivity index (χ2v) is 7.06. The lowest BCUT2D eigenvalue weighted by molar-refractivity contribution is -0.115. The topological polar surface area (TPSA) is 106 Å². The van der Waals surface area contributed by atoms with Crippen LogP contribution in [-0.2, 0) is 11.2 Å². The standard InChI is InChI=1S/C20H18N6O2S/c1-2-28-19-17(18-22-12-23-26-18)29-20(25-19)14-8-9-21-15(11-14)24-16(27)10-13-6-4-3-5-7-13/h3-9,11-12H,2,10H2,1H3,(H,21,24,27)(H,22,23,26). The number of carbonyl (C=O) groups is 1. The van der Waals surface area contributed by atoms with Gasteiger partial charge in [0.25, 0.3) is 0 Å². The summed E-state index contributed by atoms with van der Waals surface area (Å²) in [5.41, 5.74) is 1.77. The third-order valence-corrected chi connectivity index (χ3v) is 5.08. The van der Waals surface area contributed by atoms with E-state index < -0.39 is 0 Å². The van der Waals surface area contributed by atoms with Crippen LogP contribution in [0.1, 0.15) is 12.5 Å². The molecule has 3 heterocycles. The molecule has 0 radical (unpaired) electrons. The first kappa shape index (κ1) is 18.8. The number of nitrogens with one attached hydrogen (secondary N) is 2. The molecule has 4 rings (SSSR count). The van der Waals surface area contributed by atoms with Crippen molar-refractivity contribution in [1.82, 2.24) is 25.1 Å². The third-order valence-electron chi connectivity index (χ3n) is 3.99. The number of benzene rings is 1. The van der Waals surface area contributed by atoms with Crippen LogP contribution < -0.4 is 10.1 Å². The molecule has 1 amide bonds. The second-order valence-electron chi connectivity index (χ2n) is 6.06. The Hall–Kier alpha value is -3.59. The molecule has 0 unspecified atom stereocenters. The summed E-state index contributed by atoms with van der Waals surface area (Å²) in [5, 5.41) is 11.5. The van der Waals surface area contributed by atoms with Crippen molar-refractivity contribution in [1.29, 1.82) is 0 Å². The zero-order chi connectivity index (χ0) is 20.1. The fraction of sp³-hybridized carbons (Fsp3) is 0.150. The molecular weight excluding hydrogens is 388 g/mol. The molecule has 0 bridgehead atoms. The molecule has 0 aliphatic rings. The number of carbonyl (C=O) groups excluding carboxylic acids is 1. The molecule has 0 atom stereocenters. The molecule has 9 heteroatoms. The number of aromatic nitrogens is 5. The number of nitrogens with zero attached hydrogens (tertiary/aromatic N) is 4. The zero-order valence-electron chi connectivity index (χ0n) is 15.6. The van der Waals surface area contributed by atoms with E-state index in [1.165, 1.54) is 17.7 Å². The number of hydrogen-bond donors (Lipinski definition) is 2. The van der Waals surface area contributed by atoms with Gasteiger partial charge in [0.15, 0.2) is 5.82 Å². The van der Waals surface area contributed by atoms with Gasteiger partial charge in [0, 0.05) is 11.8 Å². The molecule has 8 nitrogen and oxygen atoms in total. The lowest BCUT2D eigenvalue weighted by Crippen LogP contribution is -2.15. The van der Waals surface area contributed by atoms with Gasteiger partial charge in [0.2, 0.25) is 11.8 Å². The van der Waals surface area contributed by atoms with Crippen molar-refractivity contribution in [2.24, 2.45) is 0 Å². The summed E-state index contributed by atoms with van der Waals surface area (Å²) < 4.78 is 5.65. The summed E-state index contributed by atoms with van der Waals surface area (Å²) in [6.45, 7) is 2.39. The lowest BCUT2D eigenvalue weighted by atomic mass is 10.1. The fourth-order valence-corrected chi connectivity index (χ4v) is 3.69. The summed E-state index contributed by atoms with van der Waals surface area (Å²) in [5.74, 6) is 1.44. The molecule has 146 valence electrons. The average Bonchev–Trinajstić information content (AvgIpc) is 3.39. The molecular formula is C20H18N6O2S. The minimum absolute atomic E-state index is 0.127. The average molecular weight is 406 g/mol. The van der Waals surface area contributed by atoms with Crippen molar-refractivity contribution in [2.75, 3.05) is 11.9 Å². The quantitative estimate of drug-likeness (QED) is 0.486. The Balaban J connectivity index is 1.55. The molecule has 4 aromatic rings. The molecule has 2 N–H and O–H groups in total. The number of aromatic amines is 1. The van der Waals surface area contributed by atoms with E-state index in [4.69, 9.17) is 4.74 Å². The van der Waals surface area contributed by atoms with Crippen LogP contribution in [0.3, 0.4) is 0 Å². The highest BCUT2D eigenvalue weighted by atomic mass is 32.1. The van der Waals surface area contributed by atoms with Gasteiger partial charge in [-0.15, -0.1) is 21.5 Å². The molecule has 0 fully saturated rings. The maximum Gasteiger partial charge on any atom is 0.236 e. The van der Waals surface area contributed by atoms with Crippen molar-refractivity contribution in [3.8, 4) is 27.2 Å². The second kappa shape index (κ2) is 8.61. The highest BCUT2D eigenvalue weighted by Crippen LogP contribution is 2.38. The van der Waals surface area contributed by atoms with E-state index in [0.29, 0.717) is 24.1 Å². The van der Waals surface area contributed by atoms with Gasteiger partial charge in [-0.25, -0.2) is 9.97 Å². The number of thiazole rings is 1. The van der Waals surface area contributed by atoms with Crippen LogP contribution in [0.15, 0.2) is 55.0 Å². The number of rotatable bonds is 7. The monoisotopic (exact) mass is 406 g/mol. The highest BCUT2D eigenvalue weighted by molar-refractivity contribution is 7.18. The SMILES string of the molecule is CCOc1nc(-c2ccnc(NC(=O)Cc3ccccc3)c2)sc1-c1nnc[nH]1. The fourth-order valence-electron chi connectivity index (χ4n) is 2.73. The summed E-state index contributed by atoms with van der Waals surface area (Å²) in [6, 6.07) is 13.2. The number of pyridine rings is 1. The Kier molecular flexibility index (Phi) is 5.57. The third kappa shape index (κ3) is 4.46. The van der Waals surface area contributed by atoms with Gasteiger partial charge >= 0.3 is 0 Å². The van der Waals surface area contributed by atoms with Crippen LogP contribution >= 0.6 is 11.3 Å². The molecule has 0 aliphatic heterocycles. The predicted molar refractivity (Wildman–Crippen MR) is 111 cm³/mol. The van der Waals surface area contributed by atoms with Gasteiger partial charge in [-0.2, -0.15) is 0 Å². The van der Waals surface area contributed by atoms with Crippen LogP contribution in [0.5, 0.6) is 5.88 Å². The molecule has 0 saturated heterocycles. The van der Waals surface area contributed by atoms with Gasteiger partial charge in [0.1, 0.15) is 22.0 Å². The Morgan fingerprint density at radius 2 is 2.10 bits per heavy atom. The maximum absolute atomic E-state index is 12.3. The summed E-state index contributed by atoms with van der Waals surface area (Å²) in [4.78, 5) is 24.9. The van der Waals surface area contributed by atoms with Crippen molar-refractivity contribution >= 4 is 23.1 Å². The Morgan fingerprint density at radius 1 is 1.24 bits per heavy atom. The lowest BCUT2D eigenvalue weighted by Gasteiger charge is -2.05. The van der Waals surface area contributed by atoms with Crippen molar-refractivity contribution < 1.29 is 9.53 Å². The van der Waals surface area contributed by atoms with Crippen LogP contribution in [0.2, 0.25) is 0 Å². The molecule has 0 aliphatic carbocycles. The van der Waals surface area contributed by atoms with Crippen LogP contribution in [-0.4, -0.2) is 37.7 Å². The first-order valence-electron chi connectivity index (χ1n) is 9.03. The predicted octanol–water partition coefficient (Wildman–Crippen LogP) is 3.57. The van der Waals surface area contributed by atoms with E-state index >= 15 is 0 Å². The van der Waals surface area contributed by atoms with E-state index in [1.807, 2.05) is 43.3 Å². The van der Waals surface area contributed by atoms with Crippen LogP contribution in [0.4, 0.5) is 5.82 Å². The molecule has 3 aromatic heterocycles. The van der Waals surface area contributed by atoms with E-state index in [1.54, 1.807) is 12.3 Å². The minimum Gasteiger partial charge on any atom is -0.477 e. The van der Waals surface area contributed by atoms with E-state index in [2.05, 4.69) is 30.5 Å². The minimum atomic E-state index is -0.127. The number of hydrogen-bond acceptors (Lipinski definition) is 7. The van der Waals surface area contributed by atoms with Gasteiger partial charge in [-0.3, -0.25) is 4.79 Å². The van der Waals surface area contributed by atoms with Crippen LogP contribution in [0.25, 0.3) is 21.3 Å². The van der Waals surface area contributed by atoms with Gasteiger partial charge in [-0.05, 0) is 24.6 Å².